The van der Waals surface area contributed by atoms with Crippen LogP contribution >= 0.6 is 11.8 Å². The molecule has 1 N–H and O–H groups in total. The lowest BCUT2D eigenvalue weighted by molar-refractivity contribution is 0.0967. The Morgan fingerprint density at radius 1 is 1.28 bits per heavy atom. The number of unbranched alkanes of at least 4 members (excludes halogenated alkanes) is 2. The Labute approximate surface area is 108 Å². The number of rotatable bonds is 6. The second-order valence-electron chi connectivity index (χ2n) is 3.90. The van der Waals surface area contributed by atoms with Crippen LogP contribution in [0.4, 0.5) is 0 Å². The summed E-state index contributed by atoms with van der Waals surface area (Å²) in [5.41, 5.74) is 0.250. The van der Waals surface area contributed by atoms with Crippen molar-refractivity contribution in [3.8, 4) is 0 Å². The average Bonchev–Trinajstić information content (AvgIpc) is 2.84. The Morgan fingerprint density at radius 2 is 2.11 bits per heavy atom. The van der Waals surface area contributed by atoms with Crippen LogP contribution in [0.25, 0.3) is 0 Å². The number of fused-ring (bicyclic) bond motifs is 1. The van der Waals surface area contributed by atoms with Gasteiger partial charge in [-0.25, -0.2) is 0 Å². The maximum Gasteiger partial charge on any atom is 0.225 e. The summed E-state index contributed by atoms with van der Waals surface area (Å²) in [6, 6.07) is 0. The fourth-order valence-electron chi connectivity index (χ4n) is 1.64. The van der Waals surface area contributed by atoms with Crippen LogP contribution in [-0.4, -0.2) is 34.2 Å². The maximum atomic E-state index is 12.0. The fraction of sp³-hybridized carbons (Fsp3) is 0.417. The number of nitrogens with zero attached hydrogens (tertiary/aromatic N) is 1. The third kappa shape index (κ3) is 2.70. The van der Waals surface area contributed by atoms with Crippen LogP contribution in [0.3, 0.4) is 0 Å². The molecule has 2 rings (SSSR count). The van der Waals surface area contributed by atoms with Crippen LogP contribution in [0.5, 0.6) is 0 Å². The highest BCUT2D eigenvalue weighted by molar-refractivity contribution is 8.04. The molecule has 1 aliphatic carbocycles. The minimum Gasteiger partial charge on any atom is -0.396 e. The first-order valence-corrected chi connectivity index (χ1v) is 6.71. The van der Waals surface area contributed by atoms with Crippen LogP contribution in [-0.2, 0) is 0 Å². The van der Waals surface area contributed by atoms with E-state index in [4.69, 9.17) is 9.63 Å². The molecule has 0 fully saturated rings. The number of aliphatic hydroxyl groups is 1. The van der Waals surface area contributed by atoms with Crippen LogP contribution < -0.4 is 0 Å². The van der Waals surface area contributed by atoms with Gasteiger partial charge in [0.25, 0.3) is 0 Å². The Bertz CT molecular complexity index is 492. The Morgan fingerprint density at radius 3 is 2.89 bits per heavy atom. The van der Waals surface area contributed by atoms with E-state index in [0.29, 0.717) is 4.91 Å². The van der Waals surface area contributed by atoms with Gasteiger partial charge in [-0.3, -0.25) is 9.59 Å². The third-order valence-electron chi connectivity index (χ3n) is 2.58. The second kappa shape index (κ2) is 5.97. The van der Waals surface area contributed by atoms with Gasteiger partial charge in [0.2, 0.25) is 17.3 Å². The zero-order valence-corrected chi connectivity index (χ0v) is 10.5. The highest BCUT2D eigenvalue weighted by Crippen LogP contribution is 2.28. The summed E-state index contributed by atoms with van der Waals surface area (Å²) >= 11 is 1.37. The predicted molar refractivity (Wildman–Crippen MR) is 66.6 cm³/mol. The summed E-state index contributed by atoms with van der Waals surface area (Å²) in [6.07, 6.45) is 5.18. The van der Waals surface area contributed by atoms with E-state index in [1.807, 2.05) is 0 Å². The van der Waals surface area contributed by atoms with E-state index in [-0.39, 0.29) is 29.5 Å². The van der Waals surface area contributed by atoms with Gasteiger partial charge >= 0.3 is 0 Å². The lowest BCUT2D eigenvalue weighted by Gasteiger charge is -2.09. The Balaban J connectivity index is 1.94. The third-order valence-corrected chi connectivity index (χ3v) is 3.69. The summed E-state index contributed by atoms with van der Waals surface area (Å²) in [7, 11) is 0. The summed E-state index contributed by atoms with van der Waals surface area (Å²) in [5, 5.41) is 12.1. The fourth-order valence-corrected chi connectivity index (χ4v) is 2.64. The first-order valence-electron chi connectivity index (χ1n) is 5.73. The van der Waals surface area contributed by atoms with Crippen molar-refractivity contribution >= 4 is 23.3 Å². The first kappa shape index (κ1) is 13.0. The van der Waals surface area contributed by atoms with Gasteiger partial charge in [0.05, 0.1) is 16.7 Å². The van der Waals surface area contributed by atoms with Crippen molar-refractivity contribution in [2.24, 2.45) is 0 Å². The smallest absolute Gasteiger partial charge is 0.225 e. The molecule has 0 aliphatic heterocycles. The van der Waals surface area contributed by atoms with Gasteiger partial charge in [-0.05, 0) is 18.6 Å². The molecule has 6 heteroatoms. The number of Topliss-reactive ketones (excluding diaryl/α,β-unsaturated/α-hetero) is 1. The van der Waals surface area contributed by atoms with E-state index in [9.17, 15) is 9.59 Å². The maximum absolute atomic E-state index is 12.0. The van der Waals surface area contributed by atoms with Crippen LogP contribution in [0.15, 0.2) is 21.7 Å². The van der Waals surface area contributed by atoms with E-state index in [1.165, 1.54) is 24.0 Å². The average molecular weight is 267 g/mol. The van der Waals surface area contributed by atoms with Crippen molar-refractivity contribution in [3.63, 3.8) is 0 Å². The highest BCUT2D eigenvalue weighted by atomic mass is 32.2. The molecule has 96 valence electrons. The molecular weight excluding hydrogens is 254 g/mol. The predicted octanol–water partition coefficient (Wildman–Crippen LogP) is 1.83. The molecule has 1 heterocycles. The number of hydrogen-bond acceptors (Lipinski definition) is 6. The minimum atomic E-state index is -0.306. The molecule has 1 aromatic heterocycles. The van der Waals surface area contributed by atoms with Gasteiger partial charge in [-0.2, -0.15) is 0 Å². The zero-order valence-electron chi connectivity index (χ0n) is 9.72. The number of allylic oxidation sites excluding steroid dienone is 2. The molecule has 0 unspecified atom stereocenters. The quantitative estimate of drug-likeness (QED) is 0.792. The number of aliphatic hydroxyl groups excluding tert-OH is 1. The van der Waals surface area contributed by atoms with Gasteiger partial charge in [-0.1, -0.05) is 11.6 Å². The number of hydrogen-bond donors (Lipinski definition) is 1. The van der Waals surface area contributed by atoms with Gasteiger partial charge in [0.1, 0.15) is 0 Å². The van der Waals surface area contributed by atoms with Crippen molar-refractivity contribution in [2.75, 3.05) is 12.4 Å². The second-order valence-corrected chi connectivity index (χ2v) is 5.04. The first-order chi connectivity index (χ1) is 8.74. The molecule has 0 aromatic carbocycles. The zero-order chi connectivity index (χ0) is 13.0. The lowest BCUT2D eigenvalue weighted by Crippen LogP contribution is -2.13. The van der Waals surface area contributed by atoms with Gasteiger partial charge in [-0.15, -0.1) is 11.8 Å². The van der Waals surface area contributed by atoms with Crippen molar-refractivity contribution in [1.82, 2.24) is 5.16 Å². The number of carbonyl (C=O) groups is 2. The molecule has 0 amide bonds. The number of thioether (sulfide) groups is 1. The van der Waals surface area contributed by atoms with E-state index in [1.54, 1.807) is 0 Å². The monoisotopic (exact) mass is 267 g/mol. The van der Waals surface area contributed by atoms with Crippen molar-refractivity contribution < 1.29 is 19.2 Å². The highest BCUT2D eigenvalue weighted by Gasteiger charge is 2.29. The van der Waals surface area contributed by atoms with E-state index in [0.717, 1.165) is 25.0 Å². The Hall–Kier alpha value is -1.40. The van der Waals surface area contributed by atoms with Gasteiger partial charge in [0, 0.05) is 12.7 Å². The molecule has 0 atom stereocenters. The molecule has 0 saturated heterocycles. The van der Waals surface area contributed by atoms with Gasteiger partial charge < -0.3 is 9.63 Å². The van der Waals surface area contributed by atoms with Crippen LogP contribution in [0.2, 0.25) is 0 Å². The number of carbonyl (C=O) groups excluding carboxylic acids is 2. The molecule has 5 nitrogen and oxygen atoms in total. The normalized spacial score (nSPS) is 14.6. The molecule has 0 saturated carbocycles. The summed E-state index contributed by atoms with van der Waals surface area (Å²) < 4.78 is 4.74. The molecule has 0 bridgehead atoms. The summed E-state index contributed by atoms with van der Waals surface area (Å²) in [6.45, 7) is 0.189. The molecule has 1 aliphatic rings. The molecule has 0 radical (unpaired) electrons. The largest absolute Gasteiger partial charge is 0.396 e. The van der Waals surface area contributed by atoms with Crippen molar-refractivity contribution in [1.29, 1.82) is 0 Å². The van der Waals surface area contributed by atoms with Crippen molar-refractivity contribution in [2.45, 2.75) is 19.3 Å². The van der Waals surface area contributed by atoms with E-state index < -0.39 is 0 Å². The lowest BCUT2D eigenvalue weighted by atomic mass is 10.0. The van der Waals surface area contributed by atoms with E-state index >= 15 is 0 Å². The molecular formula is C12H13NO4S. The molecule has 0 spiro atoms. The van der Waals surface area contributed by atoms with Crippen LogP contribution in [0, 0.1) is 0 Å². The van der Waals surface area contributed by atoms with Gasteiger partial charge in [0.15, 0.2) is 0 Å². The molecule has 18 heavy (non-hydrogen) atoms. The molecule has 1 aromatic rings. The Kier molecular flexibility index (Phi) is 4.33. The van der Waals surface area contributed by atoms with Crippen LogP contribution in [0.1, 0.15) is 40.2 Å². The topological polar surface area (TPSA) is 80.4 Å². The standard InChI is InChI=1S/C12H13NO4S/c14-4-2-1-3-5-18-10-6-9(15)12-8(11(10)16)7-13-17-12/h6-7,14H,1-5H2. The summed E-state index contributed by atoms with van der Waals surface area (Å²) in [5.74, 6) is 0.286. The SMILES string of the molecule is O=C1C(SCCCCCO)=CC(=O)c2oncc21. The number of ketones is 2. The number of aromatic nitrogens is 1. The van der Waals surface area contributed by atoms with E-state index in [2.05, 4.69) is 5.16 Å². The summed E-state index contributed by atoms with van der Waals surface area (Å²) in [4.78, 5) is 24.0. The van der Waals surface area contributed by atoms with Crippen molar-refractivity contribution in [3.05, 3.63) is 28.5 Å². The minimum absolute atomic E-state index is 0.0321.